The molecule has 0 aromatic carbocycles. The average Bonchev–Trinajstić information content (AvgIpc) is 3.01. The van der Waals surface area contributed by atoms with E-state index in [0.29, 0.717) is 6.54 Å². The van der Waals surface area contributed by atoms with E-state index < -0.39 is 0 Å². The average molecular weight is 344 g/mol. The first kappa shape index (κ1) is 15.3. The molecule has 0 radical (unpaired) electrons. The number of rotatable bonds is 3. The summed E-state index contributed by atoms with van der Waals surface area (Å²) in [6.45, 7) is 4.99. The minimum Gasteiger partial charge on any atom is -0.367 e. The zero-order valence-corrected chi connectivity index (χ0v) is 14.6. The molecule has 0 amide bonds. The molecule has 1 aliphatic rings. The fourth-order valence-electron chi connectivity index (χ4n) is 3.48. The monoisotopic (exact) mass is 344 g/mol. The van der Waals surface area contributed by atoms with E-state index in [1.165, 1.54) is 10.4 Å². The van der Waals surface area contributed by atoms with Crippen molar-refractivity contribution in [3.63, 3.8) is 0 Å². The van der Waals surface area contributed by atoms with Crippen LogP contribution in [0.1, 0.15) is 36.0 Å². The van der Waals surface area contributed by atoms with Crippen LogP contribution in [0.25, 0.3) is 10.2 Å². The van der Waals surface area contributed by atoms with Gasteiger partial charge in [-0.05, 0) is 31.7 Å². The van der Waals surface area contributed by atoms with Crippen molar-refractivity contribution in [1.29, 1.82) is 0 Å². The molecule has 7 nitrogen and oxygen atoms in total. The van der Waals surface area contributed by atoms with Crippen LogP contribution in [0.5, 0.6) is 0 Å². The van der Waals surface area contributed by atoms with Crippen LogP contribution >= 0.6 is 11.3 Å². The van der Waals surface area contributed by atoms with E-state index in [1.54, 1.807) is 22.2 Å². The van der Waals surface area contributed by atoms with Gasteiger partial charge in [0.15, 0.2) is 0 Å². The van der Waals surface area contributed by atoms with Crippen molar-refractivity contribution in [1.82, 2.24) is 24.7 Å². The number of anilines is 1. The molecule has 1 aliphatic heterocycles. The summed E-state index contributed by atoms with van der Waals surface area (Å²) in [5, 5.41) is 11.4. The van der Waals surface area contributed by atoms with Gasteiger partial charge in [-0.2, -0.15) is 5.10 Å². The van der Waals surface area contributed by atoms with Gasteiger partial charge in [-0.3, -0.25) is 4.57 Å². The Morgan fingerprint density at radius 2 is 2.29 bits per heavy atom. The lowest BCUT2D eigenvalue weighted by atomic mass is 10.1. The molecular formula is C16H20N6OS. The van der Waals surface area contributed by atoms with Gasteiger partial charge < -0.3 is 5.32 Å². The fourth-order valence-corrected chi connectivity index (χ4v) is 4.56. The number of hydrogen-bond acceptors (Lipinski definition) is 6. The van der Waals surface area contributed by atoms with Crippen LogP contribution in [0.2, 0.25) is 0 Å². The van der Waals surface area contributed by atoms with Crippen molar-refractivity contribution in [2.75, 3.05) is 5.32 Å². The molecule has 8 heteroatoms. The highest BCUT2D eigenvalue weighted by atomic mass is 32.1. The number of aromatic amines is 1. The molecule has 126 valence electrons. The number of aryl methyl sites for hydroxylation is 3. The van der Waals surface area contributed by atoms with Crippen LogP contribution in [0, 0.1) is 6.92 Å². The highest BCUT2D eigenvalue weighted by Gasteiger charge is 2.21. The third-order valence-electron chi connectivity index (χ3n) is 4.74. The third-order valence-corrected chi connectivity index (χ3v) is 5.79. The summed E-state index contributed by atoms with van der Waals surface area (Å²) in [6, 6.07) is 0.272. The van der Waals surface area contributed by atoms with Gasteiger partial charge in [-0.25, -0.2) is 19.9 Å². The number of nitrogens with one attached hydrogen (secondary N) is 2. The molecule has 2 N–H and O–H groups in total. The van der Waals surface area contributed by atoms with E-state index in [-0.39, 0.29) is 11.7 Å². The molecule has 0 bridgehead atoms. The van der Waals surface area contributed by atoms with E-state index in [0.717, 1.165) is 47.5 Å². The summed E-state index contributed by atoms with van der Waals surface area (Å²) in [6.07, 6.45) is 5.20. The van der Waals surface area contributed by atoms with E-state index in [2.05, 4.69) is 39.3 Å². The molecule has 0 spiro atoms. The second kappa shape index (κ2) is 6.01. The third kappa shape index (κ3) is 2.50. The lowest BCUT2D eigenvalue weighted by Gasteiger charge is -2.17. The van der Waals surface area contributed by atoms with Crippen molar-refractivity contribution in [3.8, 4) is 0 Å². The van der Waals surface area contributed by atoms with Crippen LogP contribution < -0.4 is 11.0 Å². The topological polar surface area (TPSA) is 88.5 Å². The number of fused-ring (bicyclic) bond motifs is 2. The molecule has 0 saturated carbocycles. The minimum absolute atomic E-state index is 0.114. The van der Waals surface area contributed by atoms with Crippen molar-refractivity contribution < 1.29 is 0 Å². The summed E-state index contributed by atoms with van der Waals surface area (Å²) in [4.78, 5) is 23.0. The molecule has 4 heterocycles. The second-order valence-corrected chi connectivity index (χ2v) is 7.36. The molecular weight excluding hydrogens is 324 g/mol. The Bertz CT molecular complexity index is 940. The summed E-state index contributed by atoms with van der Waals surface area (Å²) in [7, 11) is 0. The van der Waals surface area contributed by atoms with Crippen LogP contribution in [0.15, 0.2) is 11.1 Å². The first-order valence-electron chi connectivity index (χ1n) is 8.31. The lowest BCUT2D eigenvalue weighted by Crippen LogP contribution is -2.23. The summed E-state index contributed by atoms with van der Waals surface area (Å²) in [5.74, 6) is 1.76. The molecule has 4 rings (SSSR count). The van der Waals surface area contributed by atoms with Gasteiger partial charge in [0.2, 0.25) is 0 Å². The van der Waals surface area contributed by atoms with Crippen LogP contribution in [0.3, 0.4) is 0 Å². The SMILES string of the molecule is CCc1c(C)sc2ncnc(NC3CCc4n[nH]c(=O)n4CC3)c12. The van der Waals surface area contributed by atoms with E-state index in [1.807, 2.05) is 0 Å². The maximum Gasteiger partial charge on any atom is 0.343 e. The Balaban J connectivity index is 1.62. The number of aromatic nitrogens is 5. The number of H-pyrrole nitrogens is 1. The van der Waals surface area contributed by atoms with Crippen molar-refractivity contribution >= 4 is 27.4 Å². The predicted molar refractivity (Wildman–Crippen MR) is 94.7 cm³/mol. The highest BCUT2D eigenvalue weighted by molar-refractivity contribution is 7.18. The fraction of sp³-hybridized carbons (Fsp3) is 0.500. The summed E-state index contributed by atoms with van der Waals surface area (Å²) >= 11 is 1.73. The zero-order valence-electron chi connectivity index (χ0n) is 13.8. The van der Waals surface area contributed by atoms with Crippen molar-refractivity contribution in [2.24, 2.45) is 0 Å². The molecule has 0 saturated heterocycles. The Morgan fingerprint density at radius 3 is 3.12 bits per heavy atom. The number of hydrogen-bond donors (Lipinski definition) is 2. The Kier molecular flexibility index (Phi) is 3.84. The van der Waals surface area contributed by atoms with Gasteiger partial charge in [0.05, 0.1) is 5.39 Å². The predicted octanol–water partition coefficient (Wildman–Crippen LogP) is 2.26. The van der Waals surface area contributed by atoms with Gasteiger partial charge in [-0.1, -0.05) is 6.92 Å². The minimum atomic E-state index is -0.114. The molecule has 1 unspecified atom stereocenters. The standard InChI is InChI=1S/C16H20N6OS/c1-3-11-9(2)24-15-13(11)14(17-8-18-15)19-10-4-5-12-20-21-16(23)22(12)7-6-10/h8,10H,3-7H2,1-2H3,(H,21,23)(H,17,18,19). The maximum atomic E-state index is 11.7. The number of nitrogens with zero attached hydrogens (tertiary/aromatic N) is 4. The molecule has 1 atom stereocenters. The molecule has 3 aromatic rings. The van der Waals surface area contributed by atoms with Crippen LogP contribution in [-0.2, 0) is 19.4 Å². The first-order chi connectivity index (χ1) is 11.7. The van der Waals surface area contributed by atoms with E-state index in [9.17, 15) is 4.79 Å². The van der Waals surface area contributed by atoms with Gasteiger partial charge >= 0.3 is 5.69 Å². The van der Waals surface area contributed by atoms with Gasteiger partial charge in [0.25, 0.3) is 0 Å². The normalized spacial score (nSPS) is 17.7. The number of thiophene rings is 1. The maximum absolute atomic E-state index is 11.7. The first-order valence-corrected chi connectivity index (χ1v) is 9.12. The van der Waals surface area contributed by atoms with Gasteiger partial charge in [0.1, 0.15) is 22.8 Å². The van der Waals surface area contributed by atoms with Crippen LogP contribution in [0.4, 0.5) is 5.82 Å². The lowest BCUT2D eigenvalue weighted by molar-refractivity contribution is 0.572. The molecule has 0 fully saturated rings. The van der Waals surface area contributed by atoms with Gasteiger partial charge in [-0.15, -0.1) is 11.3 Å². The quantitative estimate of drug-likeness (QED) is 0.761. The highest BCUT2D eigenvalue weighted by Crippen LogP contribution is 2.34. The largest absolute Gasteiger partial charge is 0.367 e. The Morgan fingerprint density at radius 1 is 1.42 bits per heavy atom. The molecule has 24 heavy (non-hydrogen) atoms. The Hall–Kier alpha value is -2.22. The van der Waals surface area contributed by atoms with Crippen molar-refractivity contribution in [2.45, 2.75) is 52.1 Å². The molecule has 0 aliphatic carbocycles. The smallest absolute Gasteiger partial charge is 0.343 e. The van der Waals surface area contributed by atoms with Crippen LogP contribution in [-0.4, -0.2) is 30.8 Å². The van der Waals surface area contributed by atoms with Gasteiger partial charge in [0, 0.05) is 23.9 Å². The summed E-state index contributed by atoms with van der Waals surface area (Å²) < 4.78 is 1.74. The zero-order chi connectivity index (χ0) is 16.7. The molecule has 3 aromatic heterocycles. The second-order valence-electron chi connectivity index (χ2n) is 6.16. The van der Waals surface area contributed by atoms with E-state index in [4.69, 9.17) is 0 Å². The van der Waals surface area contributed by atoms with Crippen molar-refractivity contribution in [3.05, 3.63) is 33.1 Å². The Labute approximate surface area is 143 Å². The van der Waals surface area contributed by atoms with E-state index >= 15 is 0 Å². The summed E-state index contributed by atoms with van der Waals surface area (Å²) in [5.41, 5.74) is 1.22.